The van der Waals surface area contributed by atoms with E-state index in [4.69, 9.17) is 0 Å². The van der Waals surface area contributed by atoms with E-state index in [-0.39, 0.29) is 17.9 Å². The third-order valence-electron chi connectivity index (χ3n) is 6.82. The number of fused-ring (bicyclic) bond motifs is 1. The molecule has 2 atom stereocenters. The number of amides is 2. The van der Waals surface area contributed by atoms with Crippen molar-refractivity contribution in [2.45, 2.75) is 31.7 Å². The van der Waals surface area contributed by atoms with Crippen LogP contribution in [0.4, 0.5) is 0 Å². The molecule has 0 radical (unpaired) electrons. The minimum absolute atomic E-state index is 0.139. The molecular weight excluding hydrogens is 416 g/mol. The van der Waals surface area contributed by atoms with Crippen LogP contribution in [0.3, 0.4) is 0 Å². The Balaban J connectivity index is 1.22. The highest BCUT2D eigenvalue weighted by atomic mass is 32.1. The van der Waals surface area contributed by atoms with Crippen molar-refractivity contribution >= 4 is 23.2 Å². The summed E-state index contributed by atoms with van der Waals surface area (Å²) in [6.45, 7) is 2.32. The summed E-state index contributed by atoms with van der Waals surface area (Å²) < 4.78 is 0. The molecule has 2 amide bonds. The Kier molecular flexibility index (Phi) is 6.08. The molecule has 4 nitrogen and oxygen atoms in total. The molecule has 5 heteroatoms. The summed E-state index contributed by atoms with van der Waals surface area (Å²) in [4.78, 5) is 30.9. The van der Waals surface area contributed by atoms with Crippen LogP contribution in [0.25, 0.3) is 11.1 Å². The van der Waals surface area contributed by atoms with E-state index in [1.165, 1.54) is 22.5 Å². The number of carbonyl (C=O) groups excluding carboxylic acids is 2. The van der Waals surface area contributed by atoms with E-state index < -0.39 is 0 Å². The Morgan fingerprint density at radius 1 is 0.875 bits per heavy atom. The van der Waals surface area contributed by atoms with Gasteiger partial charge in [-0.1, -0.05) is 60.7 Å². The lowest BCUT2D eigenvalue weighted by atomic mass is 9.83. The average molecular weight is 445 g/mol. The molecule has 0 aliphatic carbocycles. The van der Waals surface area contributed by atoms with Gasteiger partial charge in [-0.15, -0.1) is 11.3 Å². The van der Waals surface area contributed by atoms with E-state index in [2.05, 4.69) is 41.3 Å². The zero-order valence-electron chi connectivity index (χ0n) is 18.2. The average Bonchev–Trinajstić information content (AvgIpc) is 3.39. The van der Waals surface area contributed by atoms with Crippen LogP contribution in [0.2, 0.25) is 0 Å². The van der Waals surface area contributed by atoms with Gasteiger partial charge in [0.15, 0.2) is 0 Å². The molecule has 0 bridgehead atoms. The minimum Gasteiger partial charge on any atom is -0.339 e. The lowest BCUT2D eigenvalue weighted by Gasteiger charge is -2.47. The zero-order chi connectivity index (χ0) is 21.9. The fraction of sp³-hybridized carbons (Fsp3) is 0.333. The molecule has 2 aromatic carbocycles. The van der Waals surface area contributed by atoms with Crippen LogP contribution in [0, 0.1) is 5.92 Å². The van der Waals surface area contributed by atoms with Crippen LogP contribution < -0.4 is 0 Å². The molecule has 0 N–H and O–H groups in total. The smallest absolute Gasteiger partial charge is 0.263 e. The van der Waals surface area contributed by atoms with Crippen LogP contribution >= 0.6 is 11.3 Å². The molecular formula is C27H28N2O2S. The number of thiophene rings is 1. The number of carbonyl (C=O) groups is 2. The molecule has 2 saturated heterocycles. The fourth-order valence-electron chi connectivity index (χ4n) is 5.18. The van der Waals surface area contributed by atoms with Crippen molar-refractivity contribution in [3.05, 3.63) is 82.6 Å². The quantitative estimate of drug-likeness (QED) is 0.561. The van der Waals surface area contributed by atoms with E-state index >= 15 is 0 Å². The molecule has 2 aliphatic heterocycles. The summed E-state index contributed by atoms with van der Waals surface area (Å²) >= 11 is 1.50. The van der Waals surface area contributed by atoms with Crippen LogP contribution in [0.1, 0.15) is 34.5 Å². The molecule has 0 saturated carbocycles. The summed E-state index contributed by atoms with van der Waals surface area (Å²) in [7, 11) is 0. The van der Waals surface area contributed by atoms with E-state index in [0.717, 1.165) is 49.3 Å². The lowest BCUT2D eigenvalue weighted by Crippen LogP contribution is -2.56. The highest BCUT2D eigenvalue weighted by Crippen LogP contribution is 2.32. The predicted molar refractivity (Wildman–Crippen MR) is 129 cm³/mol. The van der Waals surface area contributed by atoms with Crippen molar-refractivity contribution in [2.75, 3.05) is 19.6 Å². The van der Waals surface area contributed by atoms with Crippen LogP contribution in [-0.4, -0.2) is 47.3 Å². The fourth-order valence-corrected chi connectivity index (χ4v) is 5.87. The Morgan fingerprint density at radius 2 is 1.66 bits per heavy atom. The molecule has 2 aliphatic rings. The Bertz CT molecular complexity index is 1060. The van der Waals surface area contributed by atoms with Gasteiger partial charge in [0.1, 0.15) is 0 Å². The third-order valence-corrected chi connectivity index (χ3v) is 7.68. The largest absolute Gasteiger partial charge is 0.339 e. The second-order valence-electron chi connectivity index (χ2n) is 8.81. The SMILES string of the molecule is O=C(c1cccs1)N1CC[C@H]2[C@H](CCCN2C(=O)Cc2ccc(-c3ccccc3)cc2)C1. The molecule has 0 spiro atoms. The van der Waals surface area contributed by atoms with Crippen molar-refractivity contribution in [3.8, 4) is 11.1 Å². The van der Waals surface area contributed by atoms with Gasteiger partial charge in [-0.3, -0.25) is 9.59 Å². The van der Waals surface area contributed by atoms with Crippen molar-refractivity contribution in [1.29, 1.82) is 0 Å². The van der Waals surface area contributed by atoms with Crippen molar-refractivity contribution in [1.82, 2.24) is 9.80 Å². The standard InChI is InChI=1S/C27H28N2O2S/c30-26(18-20-10-12-22(13-11-20)21-6-2-1-3-7-21)29-15-4-8-23-19-28(16-14-24(23)29)27(31)25-9-5-17-32-25/h1-3,5-7,9-13,17,23-24H,4,8,14-16,18-19H2/t23-,24+/m1/s1. The maximum Gasteiger partial charge on any atom is 0.263 e. The minimum atomic E-state index is 0.139. The van der Waals surface area contributed by atoms with Gasteiger partial charge in [0, 0.05) is 25.7 Å². The van der Waals surface area contributed by atoms with E-state index in [0.29, 0.717) is 12.3 Å². The Morgan fingerprint density at radius 3 is 2.41 bits per heavy atom. The normalized spacial score (nSPS) is 20.6. The van der Waals surface area contributed by atoms with Crippen molar-refractivity contribution in [2.24, 2.45) is 5.92 Å². The third kappa shape index (κ3) is 4.35. The number of nitrogens with zero attached hydrogens (tertiary/aromatic N) is 2. The maximum atomic E-state index is 13.2. The van der Waals surface area contributed by atoms with Gasteiger partial charge in [-0.2, -0.15) is 0 Å². The Hall–Kier alpha value is -2.92. The van der Waals surface area contributed by atoms with Gasteiger partial charge in [0.2, 0.25) is 5.91 Å². The van der Waals surface area contributed by atoms with Gasteiger partial charge >= 0.3 is 0 Å². The number of benzene rings is 2. The number of hydrogen-bond acceptors (Lipinski definition) is 3. The van der Waals surface area contributed by atoms with Crippen LogP contribution in [0.15, 0.2) is 72.1 Å². The summed E-state index contributed by atoms with van der Waals surface area (Å²) in [6, 6.07) is 22.7. The first kappa shape index (κ1) is 21.0. The maximum absolute atomic E-state index is 13.2. The van der Waals surface area contributed by atoms with Gasteiger partial charge in [-0.05, 0) is 53.3 Å². The zero-order valence-corrected chi connectivity index (χ0v) is 19.0. The number of likely N-dealkylation sites (tertiary alicyclic amines) is 2. The first-order chi connectivity index (χ1) is 15.7. The first-order valence-electron chi connectivity index (χ1n) is 11.5. The highest BCUT2D eigenvalue weighted by molar-refractivity contribution is 7.12. The number of rotatable bonds is 4. The van der Waals surface area contributed by atoms with Crippen LogP contribution in [-0.2, 0) is 11.2 Å². The molecule has 164 valence electrons. The van der Waals surface area contributed by atoms with Gasteiger partial charge < -0.3 is 9.80 Å². The highest BCUT2D eigenvalue weighted by Gasteiger charge is 2.39. The van der Waals surface area contributed by atoms with Gasteiger partial charge in [0.05, 0.1) is 11.3 Å². The number of hydrogen-bond donors (Lipinski definition) is 0. The lowest BCUT2D eigenvalue weighted by molar-refractivity contribution is -0.137. The van der Waals surface area contributed by atoms with Gasteiger partial charge in [0.25, 0.3) is 5.91 Å². The predicted octanol–water partition coefficient (Wildman–Crippen LogP) is 5.11. The second kappa shape index (κ2) is 9.29. The monoisotopic (exact) mass is 444 g/mol. The van der Waals surface area contributed by atoms with Crippen molar-refractivity contribution < 1.29 is 9.59 Å². The number of piperidine rings is 2. The molecule has 0 unspecified atom stereocenters. The van der Waals surface area contributed by atoms with Gasteiger partial charge in [-0.25, -0.2) is 0 Å². The summed E-state index contributed by atoms with van der Waals surface area (Å²) in [5.41, 5.74) is 3.41. The van der Waals surface area contributed by atoms with E-state index in [9.17, 15) is 9.59 Å². The molecule has 32 heavy (non-hydrogen) atoms. The molecule has 3 aromatic rings. The summed E-state index contributed by atoms with van der Waals surface area (Å²) in [6.07, 6.45) is 3.42. The molecule has 2 fully saturated rings. The topological polar surface area (TPSA) is 40.6 Å². The summed E-state index contributed by atoms with van der Waals surface area (Å²) in [5, 5.41) is 1.95. The molecule has 5 rings (SSSR count). The van der Waals surface area contributed by atoms with Crippen molar-refractivity contribution in [3.63, 3.8) is 0 Å². The molecule has 1 aromatic heterocycles. The summed E-state index contributed by atoms with van der Waals surface area (Å²) in [5.74, 6) is 0.733. The van der Waals surface area contributed by atoms with Crippen LogP contribution in [0.5, 0.6) is 0 Å². The second-order valence-corrected chi connectivity index (χ2v) is 9.76. The molecule has 3 heterocycles. The van der Waals surface area contributed by atoms with E-state index in [1.807, 2.05) is 40.6 Å². The first-order valence-corrected chi connectivity index (χ1v) is 12.3. The van der Waals surface area contributed by atoms with E-state index in [1.54, 1.807) is 0 Å². The Labute approximate surface area is 193 Å².